The van der Waals surface area contributed by atoms with Gasteiger partial charge in [-0.1, -0.05) is 13.8 Å². The van der Waals surface area contributed by atoms with Gasteiger partial charge in [-0.05, 0) is 11.8 Å². The summed E-state index contributed by atoms with van der Waals surface area (Å²) in [7, 11) is 0. The summed E-state index contributed by atoms with van der Waals surface area (Å²) in [6.07, 6.45) is 0. The van der Waals surface area contributed by atoms with E-state index >= 15 is 0 Å². The molecule has 0 spiro atoms. The van der Waals surface area contributed by atoms with Crippen LogP contribution in [0.4, 0.5) is 0 Å². The second kappa shape index (κ2) is 10.1. The molecule has 1 amide bonds. The summed E-state index contributed by atoms with van der Waals surface area (Å²) >= 11 is 0. The Morgan fingerprint density at radius 2 is 1.75 bits per heavy atom. The molecule has 1 rings (SSSR count). The number of nitrogens with one attached hydrogen (secondary N) is 1. The maximum Gasteiger partial charge on any atom is 0.233 e. The van der Waals surface area contributed by atoms with E-state index in [1.165, 1.54) is 13.1 Å². The van der Waals surface area contributed by atoms with Gasteiger partial charge in [-0.2, -0.15) is 0 Å². The minimum absolute atomic E-state index is 0.0246. The Morgan fingerprint density at radius 1 is 1.15 bits per heavy atom. The van der Waals surface area contributed by atoms with E-state index < -0.39 is 0 Å². The fourth-order valence-electron chi connectivity index (χ4n) is 2.28. The van der Waals surface area contributed by atoms with Crippen LogP contribution in [0.25, 0.3) is 0 Å². The van der Waals surface area contributed by atoms with Gasteiger partial charge in [0.1, 0.15) is 0 Å². The largest absolute Gasteiger partial charge is 0.378 e. The van der Waals surface area contributed by atoms with Gasteiger partial charge < -0.3 is 25.4 Å². The number of hydrogen-bond donors (Lipinski definition) is 2. The fourth-order valence-corrected chi connectivity index (χ4v) is 2.28. The van der Waals surface area contributed by atoms with Crippen LogP contribution in [-0.2, 0) is 14.3 Å². The number of amides is 1. The van der Waals surface area contributed by atoms with E-state index in [-0.39, 0.29) is 12.5 Å². The smallest absolute Gasteiger partial charge is 0.233 e. The highest BCUT2D eigenvalue weighted by Crippen LogP contribution is 2.21. The van der Waals surface area contributed by atoms with Crippen molar-refractivity contribution in [3.05, 3.63) is 0 Å². The molecule has 0 radical (unpaired) electrons. The molecule has 0 bridgehead atoms. The van der Waals surface area contributed by atoms with Crippen LogP contribution < -0.4 is 11.1 Å². The number of nitrogens with two attached hydrogens (primary N) is 1. The lowest BCUT2D eigenvalue weighted by molar-refractivity contribution is -0.119. The van der Waals surface area contributed by atoms with Crippen LogP contribution in [0.15, 0.2) is 0 Å². The average molecular weight is 287 g/mol. The standard InChI is InChI=1S/C14H29N3O3/c1-12-10-17(11-13(12)2)4-6-20-8-7-19-5-3-16-14(18)9-15/h12-13H,3-11,15H2,1-2H3,(H,16,18). The predicted molar refractivity (Wildman–Crippen MR) is 78.5 cm³/mol. The summed E-state index contributed by atoms with van der Waals surface area (Å²) < 4.78 is 10.9. The van der Waals surface area contributed by atoms with Crippen molar-refractivity contribution in [3.63, 3.8) is 0 Å². The highest BCUT2D eigenvalue weighted by molar-refractivity contribution is 5.77. The SMILES string of the molecule is CC1CN(CCOCCOCCNC(=O)CN)CC1C. The summed E-state index contributed by atoms with van der Waals surface area (Å²) in [5.41, 5.74) is 5.16. The molecular formula is C14H29N3O3. The number of carbonyl (C=O) groups is 1. The van der Waals surface area contributed by atoms with Crippen molar-refractivity contribution in [2.75, 3.05) is 59.2 Å². The monoisotopic (exact) mass is 287 g/mol. The Hall–Kier alpha value is -0.690. The van der Waals surface area contributed by atoms with Gasteiger partial charge in [-0.3, -0.25) is 4.79 Å². The Labute approximate surface area is 122 Å². The first-order valence-electron chi connectivity index (χ1n) is 7.48. The summed E-state index contributed by atoms with van der Waals surface area (Å²) in [6.45, 7) is 10.9. The quantitative estimate of drug-likeness (QED) is 0.539. The van der Waals surface area contributed by atoms with Gasteiger partial charge in [-0.15, -0.1) is 0 Å². The van der Waals surface area contributed by atoms with E-state index in [2.05, 4.69) is 24.1 Å². The van der Waals surface area contributed by atoms with Gasteiger partial charge >= 0.3 is 0 Å². The summed E-state index contributed by atoms with van der Waals surface area (Å²) in [6, 6.07) is 0. The lowest BCUT2D eigenvalue weighted by Gasteiger charge is -2.15. The predicted octanol–water partition coefficient (Wildman–Crippen LogP) is -0.318. The van der Waals surface area contributed by atoms with Gasteiger partial charge in [0.25, 0.3) is 0 Å². The summed E-state index contributed by atoms with van der Waals surface area (Å²) in [5, 5.41) is 2.64. The number of nitrogens with zero attached hydrogens (tertiary/aromatic N) is 1. The normalized spacial score (nSPS) is 23.1. The van der Waals surface area contributed by atoms with Gasteiger partial charge in [0.15, 0.2) is 0 Å². The first kappa shape index (κ1) is 17.4. The molecule has 1 saturated heterocycles. The average Bonchev–Trinajstić information content (AvgIpc) is 2.75. The van der Waals surface area contributed by atoms with E-state index in [4.69, 9.17) is 15.2 Å². The topological polar surface area (TPSA) is 76.8 Å². The molecule has 6 heteroatoms. The maximum atomic E-state index is 10.8. The maximum absolute atomic E-state index is 10.8. The van der Waals surface area contributed by atoms with Crippen molar-refractivity contribution in [2.24, 2.45) is 17.6 Å². The molecule has 2 unspecified atom stereocenters. The molecule has 0 aliphatic carbocycles. The molecule has 1 aliphatic rings. The second-order valence-corrected chi connectivity index (χ2v) is 5.49. The van der Waals surface area contributed by atoms with Crippen molar-refractivity contribution in [1.82, 2.24) is 10.2 Å². The molecule has 6 nitrogen and oxygen atoms in total. The Kier molecular flexibility index (Phi) is 8.77. The highest BCUT2D eigenvalue weighted by atomic mass is 16.5. The van der Waals surface area contributed by atoms with E-state index in [1.807, 2.05) is 0 Å². The third-order valence-electron chi connectivity index (χ3n) is 3.74. The third kappa shape index (κ3) is 7.19. The van der Waals surface area contributed by atoms with E-state index in [9.17, 15) is 4.79 Å². The van der Waals surface area contributed by atoms with Crippen LogP contribution in [0.2, 0.25) is 0 Å². The minimum Gasteiger partial charge on any atom is -0.378 e. The van der Waals surface area contributed by atoms with Crippen molar-refractivity contribution >= 4 is 5.91 Å². The molecule has 0 aromatic heterocycles. The van der Waals surface area contributed by atoms with Crippen molar-refractivity contribution in [3.8, 4) is 0 Å². The molecule has 1 heterocycles. The molecule has 118 valence electrons. The molecule has 0 aromatic rings. The van der Waals surface area contributed by atoms with E-state index in [1.54, 1.807) is 0 Å². The fraction of sp³-hybridized carbons (Fsp3) is 0.929. The van der Waals surface area contributed by atoms with E-state index in [0.717, 1.165) is 25.0 Å². The second-order valence-electron chi connectivity index (χ2n) is 5.49. The van der Waals surface area contributed by atoms with Crippen LogP contribution in [0.5, 0.6) is 0 Å². The third-order valence-corrected chi connectivity index (χ3v) is 3.74. The first-order valence-corrected chi connectivity index (χ1v) is 7.48. The summed E-state index contributed by atoms with van der Waals surface area (Å²) in [5.74, 6) is 1.43. The zero-order valence-corrected chi connectivity index (χ0v) is 12.8. The molecule has 2 atom stereocenters. The Bertz CT molecular complexity index is 266. The van der Waals surface area contributed by atoms with Gasteiger partial charge in [0.2, 0.25) is 5.91 Å². The minimum atomic E-state index is -0.154. The van der Waals surface area contributed by atoms with Gasteiger partial charge in [0, 0.05) is 26.2 Å². The van der Waals surface area contributed by atoms with Crippen LogP contribution >= 0.6 is 0 Å². The van der Waals surface area contributed by atoms with Crippen LogP contribution in [0.1, 0.15) is 13.8 Å². The number of rotatable bonds is 10. The molecule has 0 saturated carbocycles. The first-order chi connectivity index (χ1) is 9.63. The Balaban J connectivity index is 1.82. The zero-order valence-electron chi connectivity index (χ0n) is 12.8. The number of hydrogen-bond acceptors (Lipinski definition) is 5. The molecular weight excluding hydrogens is 258 g/mol. The van der Waals surface area contributed by atoms with Crippen molar-refractivity contribution in [2.45, 2.75) is 13.8 Å². The Morgan fingerprint density at radius 3 is 2.35 bits per heavy atom. The van der Waals surface area contributed by atoms with Gasteiger partial charge in [-0.25, -0.2) is 0 Å². The van der Waals surface area contributed by atoms with Crippen molar-refractivity contribution < 1.29 is 14.3 Å². The molecule has 3 N–H and O–H groups in total. The lowest BCUT2D eigenvalue weighted by Crippen LogP contribution is -2.33. The number of ether oxygens (including phenoxy) is 2. The molecule has 20 heavy (non-hydrogen) atoms. The van der Waals surface area contributed by atoms with Crippen molar-refractivity contribution in [1.29, 1.82) is 0 Å². The van der Waals surface area contributed by atoms with Crippen LogP contribution in [0.3, 0.4) is 0 Å². The van der Waals surface area contributed by atoms with E-state index in [0.29, 0.717) is 26.4 Å². The molecule has 0 aromatic carbocycles. The molecule has 1 aliphatic heterocycles. The zero-order chi connectivity index (χ0) is 14.8. The van der Waals surface area contributed by atoms with Crippen LogP contribution in [0, 0.1) is 11.8 Å². The number of carbonyl (C=O) groups excluding carboxylic acids is 1. The number of likely N-dealkylation sites (tertiary alicyclic amines) is 1. The highest BCUT2D eigenvalue weighted by Gasteiger charge is 2.25. The lowest BCUT2D eigenvalue weighted by atomic mass is 10.0. The summed E-state index contributed by atoms with van der Waals surface area (Å²) in [4.78, 5) is 13.3. The van der Waals surface area contributed by atoms with Gasteiger partial charge in [0.05, 0.1) is 33.0 Å². The van der Waals surface area contributed by atoms with Crippen LogP contribution in [-0.4, -0.2) is 70.0 Å². The molecule has 1 fully saturated rings.